The normalized spacial score (nSPS) is 18.5. The highest BCUT2D eigenvalue weighted by Crippen LogP contribution is 2.28. The van der Waals surface area contributed by atoms with Crippen LogP contribution in [0.2, 0.25) is 0 Å². The fraction of sp³-hybridized carbons (Fsp3) is 0.500. The first kappa shape index (κ1) is 33.2. The molecule has 0 bridgehead atoms. The number of amides is 1. The van der Waals surface area contributed by atoms with Gasteiger partial charge in [-0.1, -0.05) is 12.1 Å². The molecule has 4 N–H and O–H groups in total. The maximum Gasteiger partial charge on any atom is 0.410 e. The average molecular weight is 623 g/mol. The van der Waals surface area contributed by atoms with Crippen molar-refractivity contribution in [1.82, 2.24) is 24.9 Å². The molecule has 1 amide bonds. The topological polar surface area (TPSA) is 122 Å². The molecule has 4 rings (SSSR count). The van der Waals surface area contributed by atoms with Crippen LogP contribution in [0.5, 0.6) is 0 Å². The maximum atomic E-state index is 12.4. The van der Waals surface area contributed by atoms with Crippen molar-refractivity contribution >= 4 is 41.5 Å². The number of thiocarbonyl (C=S) groups is 1. The van der Waals surface area contributed by atoms with Gasteiger partial charge in [0.05, 0.1) is 29.7 Å². The molecule has 3 heterocycles. The summed E-state index contributed by atoms with van der Waals surface area (Å²) in [5, 5.41) is 11.2. The highest BCUT2D eigenvalue weighted by Gasteiger charge is 2.26. The number of nitrogens with zero attached hydrogens (tertiary/aromatic N) is 5. The standard InChI is InChI=1S/C32H46N8O3S/c1-6-23(21-38-14-16-39(17-15-38)31(41)43-32(2,3)4)19-29(34-5)37-30(44)36-27-20-24(10-11-26(27)33)28-12-13-35-40(28)22-25-9-7-8-18-42-25/h6,10-13,19-20,25H,5,7-9,14-18,21-22,33H2,1-4H3,(H2,36,37,44)/b23-6+,29-19+. The number of nitrogens with one attached hydrogen (secondary N) is 2. The molecule has 1 unspecified atom stereocenters. The second kappa shape index (κ2) is 15.3. The summed E-state index contributed by atoms with van der Waals surface area (Å²) in [6.07, 6.45) is 9.01. The molecule has 11 nitrogen and oxygen atoms in total. The summed E-state index contributed by atoms with van der Waals surface area (Å²) >= 11 is 5.62. The van der Waals surface area contributed by atoms with Crippen LogP contribution in [0.3, 0.4) is 0 Å². The Morgan fingerprint density at radius 2 is 2.02 bits per heavy atom. The predicted octanol–water partition coefficient (Wildman–Crippen LogP) is 5.03. The number of carbonyl (C=O) groups excluding carboxylic acids is 1. The Morgan fingerprint density at radius 1 is 1.25 bits per heavy atom. The van der Waals surface area contributed by atoms with Crippen molar-refractivity contribution in [2.24, 2.45) is 4.99 Å². The molecule has 0 spiro atoms. The van der Waals surface area contributed by atoms with Crippen LogP contribution >= 0.6 is 12.2 Å². The number of aliphatic imine (C=N–C) groups is 1. The summed E-state index contributed by atoms with van der Waals surface area (Å²) in [7, 11) is 0. The zero-order valence-electron chi connectivity index (χ0n) is 26.3. The number of rotatable bonds is 9. The number of ether oxygens (including phenoxy) is 2. The van der Waals surface area contributed by atoms with E-state index in [1.807, 2.05) is 68.8 Å². The van der Waals surface area contributed by atoms with Gasteiger partial charge in [-0.3, -0.25) is 9.58 Å². The highest BCUT2D eigenvalue weighted by atomic mass is 32.1. The highest BCUT2D eigenvalue weighted by molar-refractivity contribution is 7.80. The van der Waals surface area contributed by atoms with Crippen LogP contribution in [0.4, 0.5) is 16.2 Å². The Labute approximate surface area is 266 Å². The summed E-state index contributed by atoms with van der Waals surface area (Å²) in [4.78, 5) is 20.6. The average Bonchev–Trinajstić information content (AvgIpc) is 3.45. The Kier molecular flexibility index (Phi) is 11.5. The van der Waals surface area contributed by atoms with Gasteiger partial charge in [0.2, 0.25) is 0 Å². The molecule has 0 aliphatic carbocycles. The zero-order valence-corrected chi connectivity index (χ0v) is 27.2. The van der Waals surface area contributed by atoms with E-state index in [0.29, 0.717) is 48.5 Å². The second-order valence-corrected chi connectivity index (χ2v) is 12.5. The van der Waals surface area contributed by atoms with E-state index in [0.717, 1.165) is 49.4 Å². The number of hydrogen-bond donors (Lipinski definition) is 3. The smallest absolute Gasteiger partial charge is 0.410 e. The lowest BCUT2D eigenvalue weighted by atomic mass is 10.1. The van der Waals surface area contributed by atoms with Gasteiger partial charge in [-0.05, 0) is 95.7 Å². The lowest BCUT2D eigenvalue weighted by molar-refractivity contribution is 0.00427. The summed E-state index contributed by atoms with van der Waals surface area (Å²) in [6.45, 7) is 16.3. The first-order valence-electron chi connectivity index (χ1n) is 15.2. The van der Waals surface area contributed by atoms with Gasteiger partial charge < -0.3 is 30.7 Å². The minimum Gasteiger partial charge on any atom is -0.444 e. The van der Waals surface area contributed by atoms with E-state index >= 15 is 0 Å². The van der Waals surface area contributed by atoms with Gasteiger partial charge >= 0.3 is 6.09 Å². The van der Waals surface area contributed by atoms with Crippen molar-refractivity contribution in [2.45, 2.75) is 65.2 Å². The predicted molar refractivity (Wildman–Crippen MR) is 181 cm³/mol. The van der Waals surface area contributed by atoms with E-state index in [9.17, 15) is 4.79 Å². The fourth-order valence-corrected chi connectivity index (χ4v) is 5.37. The number of allylic oxidation sites excluding steroid dienone is 1. The monoisotopic (exact) mass is 622 g/mol. The number of nitrogen functional groups attached to an aromatic ring is 1. The summed E-state index contributed by atoms with van der Waals surface area (Å²) < 4.78 is 13.4. The lowest BCUT2D eigenvalue weighted by Crippen LogP contribution is -2.50. The van der Waals surface area contributed by atoms with E-state index in [1.165, 1.54) is 6.42 Å². The first-order chi connectivity index (χ1) is 21.0. The van der Waals surface area contributed by atoms with E-state index in [-0.39, 0.29) is 12.2 Å². The van der Waals surface area contributed by atoms with Crippen LogP contribution in [-0.4, -0.2) is 88.5 Å². The number of hydrogen-bond acceptors (Lipinski definition) is 8. The summed E-state index contributed by atoms with van der Waals surface area (Å²) in [6, 6.07) is 7.80. The van der Waals surface area contributed by atoms with Gasteiger partial charge in [-0.2, -0.15) is 5.10 Å². The molecule has 1 aromatic carbocycles. The molecule has 0 radical (unpaired) electrons. The van der Waals surface area contributed by atoms with Gasteiger partial charge in [0, 0.05) is 51.1 Å². The molecule has 2 saturated heterocycles. The van der Waals surface area contributed by atoms with Crippen molar-refractivity contribution < 1.29 is 14.3 Å². The molecule has 44 heavy (non-hydrogen) atoms. The third-order valence-corrected chi connectivity index (χ3v) is 7.70. The van der Waals surface area contributed by atoms with Crippen LogP contribution in [-0.2, 0) is 16.0 Å². The third-order valence-electron chi connectivity index (χ3n) is 7.50. The molecule has 2 aliphatic heterocycles. The van der Waals surface area contributed by atoms with E-state index in [4.69, 9.17) is 27.4 Å². The Balaban J connectivity index is 1.34. The van der Waals surface area contributed by atoms with Gasteiger partial charge in [-0.25, -0.2) is 9.79 Å². The summed E-state index contributed by atoms with van der Waals surface area (Å²) in [5.74, 6) is 0.517. The zero-order chi connectivity index (χ0) is 31.7. The summed E-state index contributed by atoms with van der Waals surface area (Å²) in [5.41, 5.74) is 10.1. The third kappa shape index (κ3) is 9.63. The van der Waals surface area contributed by atoms with Crippen molar-refractivity contribution in [1.29, 1.82) is 0 Å². The Bertz CT molecular complexity index is 1370. The van der Waals surface area contributed by atoms with Gasteiger partial charge in [0.25, 0.3) is 0 Å². The van der Waals surface area contributed by atoms with E-state index in [1.54, 1.807) is 11.1 Å². The van der Waals surface area contributed by atoms with E-state index < -0.39 is 5.60 Å². The molecular weight excluding hydrogens is 576 g/mol. The fourth-order valence-electron chi connectivity index (χ4n) is 5.15. The van der Waals surface area contributed by atoms with Crippen molar-refractivity contribution in [3.63, 3.8) is 0 Å². The molecule has 12 heteroatoms. The van der Waals surface area contributed by atoms with Crippen molar-refractivity contribution in [2.75, 3.05) is 50.4 Å². The number of carbonyl (C=O) groups is 1. The molecular formula is C32H46N8O3S. The van der Waals surface area contributed by atoms with Crippen LogP contribution in [0.15, 0.2) is 59.0 Å². The molecule has 0 saturated carbocycles. The molecule has 1 aromatic heterocycles. The first-order valence-corrected chi connectivity index (χ1v) is 15.6. The quantitative estimate of drug-likeness (QED) is 0.153. The lowest BCUT2D eigenvalue weighted by Gasteiger charge is -2.35. The minimum absolute atomic E-state index is 0.172. The number of anilines is 2. The SMILES string of the molecule is C=N/C(=C\C(=C/C)CN1CCN(C(=O)OC(C)(C)C)CC1)NC(=S)Nc1cc(-c2ccnn2CC2CCCCO2)ccc1N. The van der Waals surface area contributed by atoms with Crippen molar-refractivity contribution in [3.8, 4) is 11.3 Å². The van der Waals surface area contributed by atoms with Crippen molar-refractivity contribution in [3.05, 3.63) is 54.0 Å². The number of nitrogens with two attached hydrogens (primary N) is 1. The van der Waals surface area contributed by atoms with Crippen LogP contribution in [0, 0.1) is 0 Å². The van der Waals surface area contributed by atoms with Gasteiger partial charge in [-0.15, -0.1) is 0 Å². The van der Waals surface area contributed by atoms with Gasteiger partial charge in [0.1, 0.15) is 11.4 Å². The number of benzene rings is 1. The minimum atomic E-state index is -0.504. The molecule has 2 fully saturated rings. The van der Waals surface area contributed by atoms with Gasteiger partial charge in [0.15, 0.2) is 5.11 Å². The second-order valence-electron chi connectivity index (χ2n) is 12.1. The largest absolute Gasteiger partial charge is 0.444 e. The number of piperazine rings is 1. The van der Waals surface area contributed by atoms with Crippen LogP contribution < -0.4 is 16.4 Å². The number of aromatic nitrogens is 2. The van der Waals surface area contributed by atoms with E-state index in [2.05, 4.69) is 32.3 Å². The molecule has 238 valence electrons. The Hall–Kier alpha value is -3.74. The van der Waals surface area contributed by atoms with Crippen LogP contribution in [0.1, 0.15) is 47.0 Å². The molecule has 1 atom stereocenters. The maximum absolute atomic E-state index is 12.4. The molecule has 2 aromatic rings. The molecule has 2 aliphatic rings. The van der Waals surface area contributed by atoms with Crippen LogP contribution in [0.25, 0.3) is 11.3 Å². The Morgan fingerprint density at radius 3 is 2.68 bits per heavy atom.